The SMILES string of the molecule is O=S(=O)([O-])C(F)CCCOCC1COc2cscc2O1.[Na+]. The van der Waals surface area contributed by atoms with Crippen LogP contribution in [0.15, 0.2) is 10.8 Å². The van der Waals surface area contributed by atoms with Gasteiger partial charge in [0.2, 0.25) is 0 Å². The van der Waals surface area contributed by atoms with Crippen LogP contribution in [0, 0.1) is 0 Å². The summed E-state index contributed by atoms with van der Waals surface area (Å²) in [5.74, 6) is 1.39. The fraction of sp³-hybridized carbons (Fsp3) is 0.636. The average molecular weight is 348 g/mol. The van der Waals surface area contributed by atoms with E-state index in [1.54, 1.807) is 0 Å². The molecule has 1 aromatic heterocycles. The van der Waals surface area contributed by atoms with Crippen molar-refractivity contribution in [3.8, 4) is 11.5 Å². The predicted octanol–water partition coefficient (Wildman–Crippen LogP) is -1.47. The minimum absolute atomic E-state index is 0. The molecule has 0 fully saturated rings. The maximum Gasteiger partial charge on any atom is 1.00 e. The molecule has 1 aromatic rings. The molecular formula is C11H14FNaO6S2. The first-order chi connectivity index (χ1) is 9.47. The Morgan fingerprint density at radius 1 is 1.48 bits per heavy atom. The van der Waals surface area contributed by atoms with Crippen LogP contribution in [0.1, 0.15) is 12.8 Å². The van der Waals surface area contributed by atoms with Gasteiger partial charge < -0.3 is 18.8 Å². The van der Waals surface area contributed by atoms with Gasteiger partial charge in [0.05, 0.1) is 6.61 Å². The predicted molar refractivity (Wildman–Crippen MR) is 68.9 cm³/mol. The van der Waals surface area contributed by atoms with Gasteiger partial charge in [-0.3, -0.25) is 0 Å². The van der Waals surface area contributed by atoms with Gasteiger partial charge >= 0.3 is 29.6 Å². The molecule has 6 nitrogen and oxygen atoms in total. The van der Waals surface area contributed by atoms with Gasteiger partial charge in [0.25, 0.3) is 0 Å². The maximum atomic E-state index is 12.8. The van der Waals surface area contributed by atoms with Crippen molar-refractivity contribution in [1.82, 2.24) is 0 Å². The van der Waals surface area contributed by atoms with Crippen LogP contribution >= 0.6 is 11.3 Å². The Bertz CT molecular complexity index is 535. The smallest absolute Gasteiger partial charge is 0.746 e. The molecule has 2 atom stereocenters. The van der Waals surface area contributed by atoms with Crippen LogP contribution in [-0.4, -0.2) is 44.4 Å². The van der Waals surface area contributed by atoms with Gasteiger partial charge in [-0.15, -0.1) is 11.3 Å². The summed E-state index contributed by atoms with van der Waals surface area (Å²) in [6, 6.07) is 0. The first-order valence-corrected chi connectivity index (χ1v) is 8.40. The number of fused-ring (bicyclic) bond motifs is 1. The minimum Gasteiger partial charge on any atom is -0.746 e. The first-order valence-electron chi connectivity index (χ1n) is 5.99. The summed E-state index contributed by atoms with van der Waals surface area (Å²) in [5.41, 5.74) is -2.37. The average Bonchev–Trinajstić information content (AvgIpc) is 2.84. The Balaban J connectivity index is 0.00000220. The summed E-state index contributed by atoms with van der Waals surface area (Å²) in [6.45, 7) is 0.785. The Morgan fingerprint density at radius 2 is 2.19 bits per heavy atom. The second-order valence-electron chi connectivity index (χ2n) is 4.27. The molecule has 1 aliphatic rings. The molecule has 0 radical (unpaired) electrons. The van der Waals surface area contributed by atoms with Crippen molar-refractivity contribution in [1.29, 1.82) is 0 Å². The van der Waals surface area contributed by atoms with Crippen LogP contribution in [0.4, 0.5) is 4.39 Å². The molecular weight excluding hydrogens is 334 g/mol. The van der Waals surface area contributed by atoms with Gasteiger partial charge in [-0.05, 0) is 12.8 Å². The van der Waals surface area contributed by atoms with Crippen LogP contribution in [0.3, 0.4) is 0 Å². The van der Waals surface area contributed by atoms with E-state index in [0.717, 1.165) is 0 Å². The number of ether oxygens (including phenoxy) is 3. The van der Waals surface area contributed by atoms with Crippen molar-refractivity contribution in [3.63, 3.8) is 0 Å². The van der Waals surface area contributed by atoms with E-state index in [2.05, 4.69) is 0 Å². The molecule has 0 N–H and O–H groups in total. The molecule has 0 saturated heterocycles. The second-order valence-corrected chi connectivity index (χ2v) is 6.51. The van der Waals surface area contributed by atoms with Gasteiger partial charge in [0, 0.05) is 17.4 Å². The van der Waals surface area contributed by atoms with Crippen LogP contribution in [0.25, 0.3) is 0 Å². The van der Waals surface area contributed by atoms with Crippen molar-refractivity contribution in [2.75, 3.05) is 19.8 Å². The van der Waals surface area contributed by atoms with Crippen molar-refractivity contribution >= 4 is 21.5 Å². The van der Waals surface area contributed by atoms with Crippen molar-refractivity contribution in [2.45, 2.75) is 24.4 Å². The Morgan fingerprint density at radius 3 is 2.90 bits per heavy atom. The van der Waals surface area contributed by atoms with Crippen LogP contribution in [0.5, 0.6) is 11.5 Å². The van der Waals surface area contributed by atoms with E-state index in [1.807, 2.05) is 10.8 Å². The number of alkyl halides is 1. The molecule has 2 rings (SSSR count). The van der Waals surface area contributed by atoms with Gasteiger partial charge in [-0.2, -0.15) is 0 Å². The van der Waals surface area contributed by atoms with E-state index >= 15 is 0 Å². The van der Waals surface area contributed by atoms with Crippen molar-refractivity contribution in [3.05, 3.63) is 10.8 Å². The molecule has 0 saturated carbocycles. The summed E-state index contributed by atoms with van der Waals surface area (Å²) in [5, 5.41) is 3.67. The third-order valence-corrected chi connectivity index (χ3v) is 4.21. The summed E-state index contributed by atoms with van der Waals surface area (Å²) >= 11 is 1.48. The van der Waals surface area contributed by atoms with Crippen molar-refractivity contribution in [2.24, 2.45) is 0 Å². The third kappa shape index (κ3) is 6.01. The summed E-state index contributed by atoms with van der Waals surface area (Å²) in [4.78, 5) is 0. The van der Waals surface area contributed by atoms with Crippen molar-refractivity contribution < 1.29 is 61.1 Å². The summed E-state index contributed by atoms with van der Waals surface area (Å²) < 4.78 is 60.1. The monoisotopic (exact) mass is 348 g/mol. The first kappa shape index (κ1) is 19.1. The van der Waals surface area contributed by atoms with E-state index in [-0.39, 0.29) is 61.7 Å². The molecule has 0 spiro atoms. The fourth-order valence-electron chi connectivity index (χ4n) is 1.65. The zero-order chi connectivity index (χ0) is 14.6. The van der Waals surface area contributed by atoms with Gasteiger partial charge in [0.1, 0.15) is 16.7 Å². The molecule has 0 aromatic carbocycles. The topological polar surface area (TPSA) is 84.9 Å². The van der Waals surface area contributed by atoms with Gasteiger partial charge in [0.15, 0.2) is 23.1 Å². The quantitative estimate of drug-likeness (QED) is 0.340. The van der Waals surface area contributed by atoms with E-state index < -0.39 is 15.6 Å². The molecule has 1 aliphatic heterocycles. The number of halogens is 1. The maximum absolute atomic E-state index is 12.8. The molecule has 0 amide bonds. The summed E-state index contributed by atoms with van der Waals surface area (Å²) in [6.07, 6.45) is -0.454. The van der Waals surface area contributed by atoms with E-state index in [4.69, 9.17) is 14.2 Å². The number of hydrogen-bond donors (Lipinski definition) is 0. The number of thiophene rings is 1. The Kier molecular flexibility index (Phi) is 7.90. The van der Waals surface area contributed by atoms with Gasteiger partial charge in [-0.1, -0.05) is 0 Å². The molecule has 2 heterocycles. The Hall–Kier alpha value is 0.1000. The van der Waals surface area contributed by atoms with Crippen LogP contribution in [-0.2, 0) is 14.9 Å². The zero-order valence-electron chi connectivity index (χ0n) is 11.5. The molecule has 0 aliphatic carbocycles. The molecule has 10 heteroatoms. The number of rotatable bonds is 7. The van der Waals surface area contributed by atoms with Crippen LogP contribution in [0.2, 0.25) is 0 Å². The molecule has 2 unspecified atom stereocenters. The minimum atomic E-state index is -4.85. The molecule has 0 bridgehead atoms. The fourth-order valence-corrected chi connectivity index (χ4v) is 2.77. The zero-order valence-corrected chi connectivity index (χ0v) is 15.1. The Labute approximate surface area is 148 Å². The van der Waals surface area contributed by atoms with E-state index in [0.29, 0.717) is 18.1 Å². The summed E-state index contributed by atoms with van der Waals surface area (Å²) in [7, 11) is -4.85. The molecule has 21 heavy (non-hydrogen) atoms. The normalized spacial score (nSPS) is 18.9. The van der Waals surface area contributed by atoms with Gasteiger partial charge in [-0.25, -0.2) is 12.8 Å². The van der Waals surface area contributed by atoms with Crippen LogP contribution < -0.4 is 39.0 Å². The third-order valence-electron chi connectivity index (χ3n) is 2.65. The second kappa shape index (κ2) is 8.66. The van der Waals surface area contributed by atoms with E-state index in [1.165, 1.54) is 11.3 Å². The standard InChI is InChI=1S/C11H15FO6S2.Na/c12-11(20(13,14)15)2-1-3-16-4-8-5-17-9-6-19-7-10(9)18-8;/h6-8,11H,1-5H2,(H,13,14,15);/q;+1/p-1. The number of hydrogen-bond acceptors (Lipinski definition) is 7. The molecule has 114 valence electrons. The van der Waals surface area contributed by atoms with E-state index in [9.17, 15) is 17.4 Å². The largest absolute Gasteiger partial charge is 1.00 e.